The molecule has 0 aromatic heterocycles. The van der Waals surface area contributed by atoms with Crippen LogP contribution < -0.4 is 0 Å². The first-order valence-corrected chi connectivity index (χ1v) is 2.92. The SMILES string of the molecule is OC1=CN=C2N=NC=C2C1. The van der Waals surface area contributed by atoms with Crippen LogP contribution in [-0.4, -0.2) is 10.9 Å². The van der Waals surface area contributed by atoms with Crippen LogP contribution in [0.2, 0.25) is 0 Å². The molecule has 4 nitrogen and oxygen atoms in total. The third-order valence-electron chi connectivity index (χ3n) is 1.36. The summed E-state index contributed by atoms with van der Waals surface area (Å²) in [6.07, 6.45) is 3.52. The van der Waals surface area contributed by atoms with Crippen molar-refractivity contribution in [1.29, 1.82) is 0 Å². The topological polar surface area (TPSA) is 57.3 Å². The van der Waals surface area contributed by atoms with Crippen molar-refractivity contribution in [2.75, 3.05) is 0 Å². The molecule has 0 spiro atoms. The zero-order valence-electron chi connectivity index (χ0n) is 5.15. The van der Waals surface area contributed by atoms with Crippen LogP contribution in [0.15, 0.2) is 39.0 Å². The van der Waals surface area contributed by atoms with Crippen LogP contribution in [0.3, 0.4) is 0 Å². The zero-order chi connectivity index (χ0) is 6.97. The second kappa shape index (κ2) is 1.76. The zero-order valence-corrected chi connectivity index (χ0v) is 5.15. The minimum atomic E-state index is 0.266. The average molecular weight is 135 g/mol. The summed E-state index contributed by atoms with van der Waals surface area (Å²) in [7, 11) is 0. The van der Waals surface area contributed by atoms with Crippen LogP contribution in [-0.2, 0) is 0 Å². The molecule has 1 N–H and O–H groups in total. The highest BCUT2D eigenvalue weighted by Gasteiger charge is 2.15. The van der Waals surface area contributed by atoms with Gasteiger partial charge in [0.05, 0.1) is 12.4 Å². The first-order chi connectivity index (χ1) is 4.86. The van der Waals surface area contributed by atoms with Gasteiger partial charge in [-0.05, 0) is 0 Å². The molecule has 0 bridgehead atoms. The largest absolute Gasteiger partial charge is 0.510 e. The number of aliphatic hydroxyl groups is 1. The Balaban J connectivity index is 2.42. The molecule has 0 amide bonds. The number of nitrogens with zero attached hydrogens (tertiary/aromatic N) is 3. The Labute approximate surface area is 57.3 Å². The summed E-state index contributed by atoms with van der Waals surface area (Å²) in [5, 5.41) is 16.4. The minimum absolute atomic E-state index is 0.266. The number of allylic oxidation sites excluding steroid dienone is 1. The van der Waals surface area contributed by atoms with Gasteiger partial charge in [-0.15, -0.1) is 5.11 Å². The molecule has 50 valence electrons. The van der Waals surface area contributed by atoms with E-state index in [9.17, 15) is 0 Å². The molecule has 0 atom stereocenters. The smallest absolute Gasteiger partial charge is 0.179 e. The summed E-state index contributed by atoms with van der Waals surface area (Å²) >= 11 is 0. The molecule has 10 heavy (non-hydrogen) atoms. The number of amidine groups is 1. The predicted octanol–water partition coefficient (Wildman–Crippen LogP) is 1.54. The Hall–Kier alpha value is -1.45. The van der Waals surface area contributed by atoms with Gasteiger partial charge in [0.1, 0.15) is 5.76 Å². The molecule has 2 aliphatic heterocycles. The fourth-order valence-corrected chi connectivity index (χ4v) is 0.885. The Bertz CT molecular complexity index is 285. The van der Waals surface area contributed by atoms with E-state index in [2.05, 4.69) is 15.2 Å². The van der Waals surface area contributed by atoms with Crippen molar-refractivity contribution in [1.82, 2.24) is 0 Å². The molecule has 0 aliphatic carbocycles. The maximum absolute atomic E-state index is 8.99. The quantitative estimate of drug-likeness (QED) is 0.538. The van der Waals surface area contributed by atoms with E-state index >= 15 is 0 Å². The lowest BCUT2D eigenvalue weighted by molar-refractivity contribution is 0.396. The molecular weight excluding hydrogens is 130 g/mol. The molecule has 2 rings (SSSR count). The van der Waals surface area contributed by atoms with E-state index in [0.717, 1.165) is 5.57 Å². The van der Waals surface area contributed by atoms with Crippen LogP contribution in [0.4, 0.5) is 0 Å². The molecule has 2 aliphatic rings. The predicted molar refractivity (Wildman–Crippen MR) is 35.7 cm³/mol. The molecular formula is C6H5N3O. The number of fused-ring (bicyclic) bond motifs is 1. The van der Waals surface area contributed by atoms with Crippen molar-refractivity contribution >= 4 is 5.84 Å². The normalized spacial score (nSPS) is 21.4. The molecule has 0 radical (unpaired) electrons. The van der Waals surface area contributed by atoms with E-state index in [-0.39, 0.29) is 5.76 Å². The first kappa shape index (κ1) is 5.34. The Morgan fingerprint density at radius 2 is 2.30 bits per heavy atom. The average Bonchev–Trinajstić information content (AvgIpc) is 2.33. The van der Waals surface area contributed by atoms with Crippen molar-refractivity contribution < 1.29 is 5.11 Å². The van der Waals surface area contributed by atoms with Crippen molar-refractivity contribution in [3.63, 3.8) is 0 Å². The van der Waals surface area contributed by atoms with E-state index in [4.69, 9.17) is 5.11 Å². The van der Waals surface area contributed by atoms with Crippen molar-refractivity contribution in [2.45, 2.75) is 6.42 Å². The van der Waals surface area contributed by atoms with E-state index < -0.39 is 0 Å². The maximum atomic E-state index is 8.99. The van der Waals surface area contributed by atoms with Gasteiger partial charge >= 0.3 is 0 Å². The van der Waals surface area contributed by atoms with Gasteiger partial charge in [0, 0.05) is 12.0 Å². The molecule has 0 saturated heterocycles. The number of aliphatic hydroxyl groups excluding tert-OH is 1. The van der Waals surface area contributed by atoms with Gasteiger partial charge in [0.15, 0.2) is 5.84 Å². The summed E-state index contributed by atoms with van der Waals surface area (Å²) in [4.78, 5) is 3.85. The molecule has 0 fully saturated rings. The highest BCUT2D eigenvalue weighted by atomic mass is 16.3. The fourth-order valence-electron chi connectivity index (χ4n) is 0.885. The van der Waals surface area contributed by atoms with Crippen LogP contribution in [0.5, 0.6) is 0 Å². The highest BCUT2D eigenvalue weighted by Crippen LogP contribution is 2.20. The van der Waals surface area contributed by atoms with Crippen molar-refractivity contribution in [3.05, 3.63) is 23.7 Å². The Morgan fingerprint density at radius 1 is 1.40 bits per heavy atom. The fraction of sp³-hybridized carbons (Fsp3) is 0.167. The first-order valence-electron chi connectivity index (χ1n) is 2.92. The number of hydrogen-bond donors (Lipinski definition) is 1. The second-order valence-electron chi connectivity index (χ2n) is 2.12. The van der Waals surface area contributed by atoms with Gasteiger partial charge in [0.25, 0.3) is 0 Å². The standard InChI is InChI=1S/C6H5N3O/c10-5-1-4-2-8-9-6(4)7-3-5/h2-3,10H,1H2. The minimum Gasteiger partial charge on any atom is -0.510 e. The number of aliphatic imine (C=N–C) groups is 1. The maximum Gasteiger partial charge on any atom is 0.179 e. The molecule has 4 heteroatoms. The monoisotopic (exact) mass is 135 g/mol. The van der Waals surface area contributed by atoms with E-state index in [1.165, 1.54) is 6.20 Å². The van der Waals surface area contributed by atoms with Crippen LogP contribution >= 0.6 is 0 Å². The summed E-state index contributed by atoms with van der Waals surface area (Å²) in [6.45, 7) is 0. The summed E-state index contributed by atoms with van der Waals surface area (Å²) in [5.41, 5.74) is 0.889. The lowest BCUT2D eigenvalue weighted by Crippen LogP contribution is -2.01. The molecule has 0 aromatic rings. The van der Waals surface area contributed by atoms with Gasteiger partial charge in [0.2, 0.25) is 0 Å². The number of hydrogen-bond acceptors (Lipinski definition) is 4. The van der Waals surface area contributed by atoms with Crippen molar-refractivity contribution in [3.8, 4) is 0 Å². The number of rotatable bonds is 0. The lowest BCUT2D eigenvalue weighted by atomic mass is 10.1. The Morgan fingerprint density at radius 3 is 3.20 bits per heavy atom. The van der Waals surface area contributed by atoms with Crippen LogP contribution in [0.25, 0.3) is 0 Å². The van der Waals surface area contributed by atoms with Gasteiger partial charge in [-0.2, -0.15) is 5.11 Å². The number of azo groups is 1. The molecule has 2 heterocycles. The van der Waals surface area contributed by atoms with Gasteiger partial charge in [-0.25, -0.2) is 4.99 Å². The van der Waals surface area contributed by atoms with Crippen LogP contribution in [0.1, 0.15) is 6.42 Å². The van der Waals surface area contributed by atoms with E-state index in [0.29, 0.717) is 12.3 Å². The van der Waals surface area contributed by atoms with Crippen molar-refractivity contribution in [2.24, 2.45) is 15.2 Å². The van der Waals surface area contributed by atoms with Gasteiger partial charge < -0.3 is 5.11 Å². The third kappa shape index (κ3) is 0.655. The summed E-state index contributed by atoms with van der Waals surface area (Å²) in [5.74, 6) is 0.889. The second-order valence-corrected chi connectivity index (χ2v) is 2.12. The molecule has 0 aromatic carbocycles. The summed E-state index contributed by atoms with van der Waals surface area (Å²) in [6, 6.07) is 0. The lowest BCUT2D eigenvalue weighted by Gasteiger charge is -2.03. The van der Waals surface area contributed by atoms with Gasteiger partial charge in [-0.3, -0.25) is 0 Å². The van der Waals surface area contributed by atoms with Gasteiger partial charge in [-0.1, -0.05) is 0 Å². The van der Waals surface area contributed by atoms with Crippen LogP contribution in [0, 0.1) is 0 Å². The molecule has 0 saturated carbocycles. The Kier molecular flexibility index (Phi) is 0.943. The summed E-state index contributed by atoms with van der Waals surface area (Å²) < 4.78 is 0. The van der Waals surface area contributed by atoms with E-state index in [1.54, 1.807) is 6.20 Å². The van der Waals surface area contributed by atoms with E-state index in [1.807, 2.05) is 0 Å². The molecule has 0 unspecified atom stereocenters. The highest BCUT2D eigenvalue weighted by molar-refractivity contribution is 6.01. The third-order valence-corrected chi connectivity index (χ3v) is 1.36.